The molecular weight excluding hydrogens is 312 g/mol. The van der Waals surface area contributed by atoms with Gasteiger partial charge in [-0.1, -0.05) is 25.1 Å². The van der Waals surface area contributed by atoms with Gasteiger partial charge in [-0.3, -0.25) is 4.79 Å². The molecule has 1 aliphatic carbocycles. The number of para-hydroxylation sites is 1. The van der Waals surface area contributed by atoms with Crippen LogP contribution in [0.2, 0.25) is 0 Å². The molecule has 128 valence electrons. The molecule has 4 nitrogen and oxygen atoms in total. The first kappa shape index (κ1) is 18.2. The predicted molar refractivity (Wildman–Crippen MR) is 95.1 cm³/mol. The lowest BCUT2D eigenvalue weighted by molar-refractivity contribution is -0.122. The Kier molecular flexibility index (Phi) is 6.88. The van der Waals surface area contributed by atoms with E-state index >= 15 is 0 Å². The lowest BCUT2D eigenvalue weighted by atomic mass is 9.91. The van der Waals surface area contributed by atoms with Crippen LogP contribution in [0.5, 0.6) is 0 Å². The normalized spacial score (nSPS) is 28.2. The first-order chi connectivity index (χ1) is 11.1. The molecule has 0 spiro atoms. The van der Waals surface area contributed by atoms with Gasteiger partial charge >= 0.3 is 0 Å². The number of benzene rings is 1. The standard InChI is InChI=1S/C18H27ClN2O2/c1-13-15(19)10-7-11-16(18(13)20-2)21(17(22)12-23-3)14-8-5-4-6-9-14/h4-6,8-9,13,15-16,18,20H,7,10-12H2,1-3H3. The number of alkyl halides is 1. The van der Waals surface area contributed by atoms with Gasteiger partial charge in [0.1, 0.15) is 6.61 Å². The van der Waals surface area contributed by atoms with E-state index in [1.807, 2.05) is 42.3 Å². The summed E-state index contributed by atoms with van der Waals surface area (Å²) in [5.41, 5.74) is 0.917. The second-order valence-electron chi connectivity index (χ2n) is 6.22. The van der Waals surface area contributed by atoms with E-state index in [2.05, 4.69) is 12.2 Å². The van der Waals surface area contributed by atoms with Crippen LogP contribution in [0.3, 0.4) is 0 Å². The molecule has 5 heteroatoms. The Morgan fingerprint density at radius 2 is 2.04 bits per heavy atom. The minimum atomic E-state index is -0.0100. The summed E-state index contributed by atoms with van der Waals surface area (Å²) >= 11 is 6.53. The lowest BCUT2D eigenvalue weighted by Gasteiger charge is -2.39. The van der Waals surface area contributed by atoms with E-state index in [1.165, 1.54) is 0 Å². The quantitative estimate of drug-likeness (QED) is 0.662. The summed E-state index contributed by atoms with van der Waals surface area (Å²) in [7, 11) is 3.51. The van der Waals surface area contributed by atoms with Crippen LogP contribution in [0.15, 0.2) is 30.3 Å². The lowest BCUT2D eigenvalue weighted by Crippen LogP contribution is -2.55. The summed E-state index contributed by atoms with van der Waals surface area (Å²) in [4.78, 5) is 14.6. The zero-order chi connectivity index (χ0) is 16.8. The molecule has 0 radical (unpaired) electrons. The molecule has 1 saturated carbocycles. The Hall–Kier alpha value is -1.10. The Morgan fingerprint density at radius 1 is 1.35 bits per heavy atom. The highest BCUT2D eigenvalue weighted by Crippen LogP contribution is 2.32. The van der Waals surface area contributed by atoms with Gasteiger partial charge in [-0.15, -0.1) is 11.6 Å². The van der Waals surface area contributed by atoms with Gasteiger partial charge < -0.3 is 15.0 Å². The van der Waals surface area contributed by atoms with E-state index < -0.39 is 0 Å². The summed E-state index contributed by atoms with van der Waals surface area (Å²) in [6.45, 7) is 2.25. The summed E-state index contributed by atoms with van der Waals surface area (Å²) in [6.07, 6.45) is 2.94. The van der Waals surface area contributed by atoms with E-state index in [-0.39, 0.29) is 35.9 Å². The molecule has 1 fully saturated rings. The van der Waals surface area contributed by atoms with Gasteiger partial charge in [0.15, 0.2) is 0 Å². The summed E-state index contributed by atoms with van der Waals surface area (Å²) in [6, 6.07) is 10.1. The average Bonchev–Trinajstić information content (AvgIpc) is 2.69. The maximum Gasteiger partial charge on any atom is 0.253 e. The molecule has 0 heterocycles. The van der Waals surface area contributed by atoms with E-state index in [0.29, 0.717) is 0 Å². The third-order valence-electron chi connectivity index (χ3n) is 4.77. The molecule has 1 aliphatic rings. The smallest absolute Gasteiger partial charge is 0.253 e. The minimum Gasteiger partial charge on any atom is -0.375 e. The van der Waals surface area contributed by atoms with Gasteiger partial charge in [0, 0.05) is 24.2 Å². The van der Waals surface area contributed by atoms with Crippen LogP contribution >= 0.6 is 11.6 Å². The van der Waals surface area contributed by atoms with Crippen molar-refractivity contribution in [3.63, 3.8) is 0 Å². The summed E-state index contributed by atoms with van der Waals surface area (Å²) < 4.78 is 5.11. The van der Waals surface area contributed by atoms with Crippen LogP contribution in [0.4, 0.5) is 5.69 Å². The molecule has 0 aromatic heterocycles. The molecule has 2 rings (SSSR count). The molecule has 1 aromatic carbocycles. The van der Waals surface area contributed by atoms with Crippen LogP contribution in [0.25, 0.3) is 0 Å². The maximum atomic E-state index is 12.7. The summed E-state index contributed by atoms with van der Waals surface area (Å²) in [5, 5.41) is 3.53. The maximum absolute atomic E-state index is 12.7. The Labute approximate surface area is 144 Å². The molecule has 4 unspecified atom stereocenters. The monoisotopic (exact) mass is 338 g/mol. The number of hydrogen-bond donors (Lipinski definition) is 1. The highest BCUT2D eigenvalue weighted by Gasteiger charge is 2.38. The molecule has 0 bridgehead atoms. The Bertz CT molecular complexity index is 497. The number of likely N-dealkylation sites (N-methyl/N-ethyl adjacent to an activating group) is 1. The topological polar surface area (TPSA) is 41.6 Å². The third kappa shape index (κ3) is 4.25. The van der Waals surface area contributed by atoms with Gasteiger partial charge in [-0.05, 0) is 44.4 Å². The van der Waals surface area contributed by atoms with Crippen molar-refractivity contribution in [2.75, 3.05) is 25.7 Å². The molecule has 23 heavy (non-hydrogen) atoms. The molecule has 4 atom stereocenters. The highest BCUT2D eigenvalue weighted by molar-refractivity contribution is 6.20. The largest absolute Gasteiger partial charge is 0.375 e. The van der Waals surface area contributed by atoms with Gasteiger partial charge in [0.05, 0.1) is 6.04 Å². The second kappa shape index (κ2) is 8.67. The number of methoxy groups -OCH3 is 1. The van der Waals surface area contributed by atoms with Gasteiger partial charge in [-0.2, -0.15) is 0 Å². The number of carbonyl (C=O) groups is 1. The van der Waals surface area contributed by atoms with Crippen molar-refractivity contribution in [2.24, 2.45) is 5.92 Å². The van der Waals surface area contributed by atoms with Crippen molar-refractivity contribution in [2.45, 2.75) is 43.6 Å². The van der Waals surface area contributed by atoms with E-state index in [1.54, 1.807) is 7.11 Å². The fraction of sp³-hybridized carbons (Fsp3) is 0.611. The minimum absolute atomic E-state index is 0.0100. The first-order valence-electron chi connectivity index (χ1n) is 8.27. The molecule has 1 aromatic rings. The zero-order valence-corrected chi connectivity index (χ0v) is 14.9. The van der Waals surface area contributed by atoms with E-state index in [0.717, 1.165) is 24.9 Å². The van der Waals surface area contributed by atoms with Crippen molar-refractivity contribution in [3.05, 3.63) is 30.3 Å². The predicted octanol–water partition coefficient (Wildman–Crippen LogP) is 3.05. The van der Waals surface area contributed by atoms with Crippen molar-refractivity contribution >= 4 is 23.2 Å². The van der Waals surface area contributed by atoms with Gasteiger partial charge in [-0.25, -0.2) is 0 Å². The fourth-order valence-electron chi connectivity index (χ4n) is 3.59. The molecule has 0 saturated heterocycles. The number of nitrogens with one attached hydrogen (secondary N) is 1. The Morgan fingerprint density at radius 3 is 2.65 bits per heavy atom. The second-order valence-corrected chi connectivity index (χ2v) is 6.78. The fourth-order valence-corrected chi connectivity index (χ4v) is 3.90. The number of amides is 1. The number of rotatable bonds is 5. The van der Waals surface area contributed by atoms with Crippen LogP contribution in [-0.2, 0) is 9.53 Å². The van der Waals surface area contributed by atoms with Crippen molar-refractivity contribution in [1.82, 2.24) is 5.32 Å². The van der Waals surface area contributed by atoms with Crippen LogP contribution < -0.4 is 10.2 Å². The molecule has 1 N–H and O–H groups in total. The number of hydrogen-bond acceptors (Lipinski definition) is 3. The van der Waals surface area contributed by atoms with Crippen molar-refractivity contribution in [1.29, 1.82) is 0 Å². The third-order valence-corrected chi connectivity index (χ3v) is 5.38. The van der Waals surface area contributed by atoms with Gasteiger partial charge in [0.25, 0.3) is 5.91 Å². The molecular formula is C18H27ClN2O2. The van der Waals surface area contributed by atoms with Crippen LogP contribution in [-0.4, -0.2) is 44.1 Å². The van der Waals surface area contributed by atoms with Crippen molar-refractivity contribution in [3.8, 4) is 0 Å². The average molecular weight is 339 g/mol. The number of carbonyl (C=O) groups excluding carboxylic acids is 1. The highest BCUT2D eigenvalue weighted by atomic mass is 35.5. The zero-order valence-electron chi connectivity index (χ0n) is 14.2. The molecule has 0 aliphatic heterocycles. The number of ether oxygens (including phenoxy) is 1. The summed E-state index contributed by atoms with van der Waals surface area (Å²) in [5.74, 6) is 0.278. The van der Waals surface area contributed by atoms with Crippen LogP contribution in [0, 0.1) is 5.92 Å². The Balaban J connectivity index is 2.37. The van der Waals surface area contributed by atoms with Crippen molar-refractivity contribution < 1.29 is 9.53 Å². The van der Waals surface area contributed by atoms with E-state index in [9.17, 15) is 4.79 Å². The number of nitrogens with zero attached hydrogens (tertiary/aromatic N) is 1. The molecule has 1 amide bonds. The first-order valence-corrected chi connectivity index (χ1v) is 8.71. The number of anilines is 1. The van der Waals surface area contributed by atoms with E-state index in [4.69, 9.17) is 16.3 Å². The SMILES string of the molecule is CNC1C(C)C(Cl)CCCC1N(C(=O)COC)c1ccccc1. The number of halogens is 1. The van der Waals surface area contributed by atoms with Crippen LogP contribution in [0.1, 0.15) is 26.2 Å². The van der Waals surface area contributed by atoms with Gasteiger partial charge in [0.2, 0.25) is 0 Å².